The number of aromatic nitrogens is 2. The van der Waals surface area contributed by atoms with Crippen molar-refractivity contribution in [2.75, 3.05) is 6.61 Å². The molecular weight excluding hydrogens is 392 g/mol. The van der Waals surface area contributed by atoms with Crippen molar-refractivity contribution in [2.45, 2.75) is 104 Å². The van der Waals surface area contributed by atoms with Crippen LogP contribution < -0.4 is 4.74 Å². The minimum atomic E-state index is 0.716. The van der Waals surface area contributed by atoms with E-state index in [2.05, 4.69) is 36.0 Å². The average molecular weight is 437 g/mol. The number of benzene rings is 1. The first-order valence-corrected chi connectivity index (χ1v) is 13.0. The van der Waals surface area contributed by atoms with Gasteiger partial charge in [0, 0.05) is 12.4 Å². The second-order valence-electron chi connectivity index (χ2n) is 8.74. The summed E-state index contributed by atoms with van der Waals surface area (Å²) in [4.78, 5) is 9.25. The molecule has 32 heavy (non-hydrogen) atoms. The quantitative estimate of drug-likeness (QED) is 0.173. The molecule has 0 aliphatic rings. The Morgan fingerprint density at radius 1 is 0.719 bits per heavy atom. The van der Waals surface area contributed by atoms with Crippen molar-refractivity contribution >= 4 is 0 Å². The fourth-order valence-electron chi connectivity index (χ4n) is 3.82. The summed E-state index contributed by atoms with van der Waals surface area (Å²) in [5, 5.41) is 0. The smallest absolute Gasteiger partial charge is 0.162 e. The molecule has 0 saturated heterocycles. The van der Waals surface area contributed by atoms with E-state index in [1.165, 1.54) is 76.2 Å². The number of unbranched alkanes of at least 4 members (excludes halogenated alkanes) is 10. The normalized spacial score (nSPS) is 11.3. The third-order valence-electron chi connectivity index (χ3n) is 5.82. The van der Waals surface area contributed by atoms with E-state index < -0.39 is 0 Å². The van der Waals surface area contributed by atoms with Crippen LogP contribution >= 0.6 is 0 Å². The molecule has 0 aliphatic carbocycles. The summed E-state index contributed by atoms with van der Waals surface area (Å²) in [5.41, 5.74) is 2.20. The summed E-state index contributed by atoms with van der Waals surface area (Å²) >= 11 is 0. The van der Waals surface area contributed by atoms with Gasteiger partial charge in [0.25, 0.3) is 0 Å². The molecule has 0 amide bonds. The highest BCUT2D eigenvalue weighted by molar-refractivity contribution is 5.63. The molecule has 1 aromatic heterocycles. The number of ether oxygens (including phenoxy) is 1. The molecule has 3 nitrogen and oxygen atoms in total. The minimum Gasteiger partial charge on any atom is -0.493 e. The van der Waals surface area contributed by atoms with E-state index in [1.54, 1.807) is 0 Å². The van der Waals surface area contributed by atoms with Crippen LogP contribution in [0.25, 0.3) is 11.4 Å². The molecule has 1 aromatic carbocycles. The maximum Gasteiger partial charge on any atom is 0.162 e. The molecule has 2 aromatic rings. The molecule has 1 heterocycles. The van der Waals surface area contributed by atoms with Crippen LogP contribution in [0.3, 0.4) is 0 Å². The Labute approximate surface area is 196 Å². The highest BCUT2D eigenvalue weighted by atomic mass is 16.5. The zero-order chi connectivity index (χ0) is 22.7. The SMILES string of the molecule is CCCCCCCC=CCCCOc1ccccc1-c1ncc(CCCCCCC)cn1. The number of para-hydroxylation sites is 1. The van der Waals surface area contributed by atoms with Gasteiger partial charge in [0.1, 0.15) is 5.75 Å². The van der Waals surface area contributed by atoms with Gasteiger partial charge in [-0.2, -0.15) is 0 Å². The highest BCUT2D eigenvalue weighted by Crippen LogP contribution is 2.27. The topological polar surface area (TPSA) is 35.0 Å². The van der Waals surface area contributed by atoms with E-state index in [0.717, 1.165) is 36.4 Å². The van der Waals surface area contributed by atoms with Crippen molar-refractivity contribution in [1.82, 2.24) is 9.97 Å². The van der Waals surface area contributed by atoms with Gasteiger partial charge in [-0.05, 0) is 56.2 Å². The molecule has 0 spiro atoms. The summed E-state index contributed by atoms with van der Waals surface area (Å²) in [5.74, 6) is 1.62. The minimum absolute atomic E-state index is 0.716. The van der Waals surface area contributed by atoms with Crippen molar-refractivity contribution in [1.29, 1.82) is 0 Å². The van der Waals surface area contributed by atoms with E-state index in [4.69, 9.17) is 4.74 Å². The zero-order valence-electron chi connectivity index (χ0n) is 20.5. The Morgan fingerprint density at radius 3 is 2.06 bits per heavy atom. The van der Waals surface area contributed by atoms with Crippen LogP contribution in [0, 0.1) is 0 Å². The molecule has 0 radical (unpaired) electrons. The maximum atomic E-state index is 6.08. The summed E-state index contributed by atoms with van der Waals surface area (Å²) in [6.07, 6.45) is 26.2. The van der Waals surface area contributed by atoms with E-state index in [0.29, 0.717) is 6.61 Å². The largest absolute Gasteiger partial charge is 0.493 e. The van der Waals surface area contributed by atoms with E-state index in [1.807, 2.05) is 36.7 Å². The summed E-state index contributed by atoms with van der Waals surface area (Å²) < 4.78 is 6.08. The van der Waals surface area contributed by atoms with Crippen molar-refractivity contribution in [3.63, 3.8) is 0 Å². The lowest BCUT2D eigenvalue weighted by Crippen LogP contribution is -2.00. The van der Waals surface area contributed by atoms with Crippen LogP contribution in [0.5, 0.6) is 5.75 Å². The van der Waals surface area contributed by atoms with Crippen LogP contribution in [0.2, 0.25) is 0 Å². The summed E-state index contributed by atoms with van der Waals surface area (Å²) in [7, 11) is 0. The lowest BCUT2D eigenvalue weighted by molar-refractivity contribution is 0.313. The standard InChI is InChI=1S/C29H44N2O/c1-3-5-7-9-10-11-12-13-15-19-23-32-28-22-18-17-21-27(28)29-30-24-26(25-31-29)20-16-14-8-6-4-2/h12-13,17-18,21-22,24-25H,3-11,14-16,19-20,23H2,1-2H3. The van der Waals surface area contributed by atoms with Crippen LogP contribution in [-0.4, -0.2) is 16.6 Å². The number of rotatable bonds is 18. The molecule has 0 N–H and O–H groups in total. The van der Waals surface area contributed by atoms with Crippen molar-refractivity contribution in [3.05, 3.63) is 54.4 Å². The van der Waals surface area contributed by atoms with Crippen LogP contribution in [0.1, 0.15) is 103 Å². The maximum absolute atomic E-state index is 6.08. The highest BCUT2D eigenvalue weighted by Gasteiger charge is 2.08. The van der Waals surface area contributed by atoms with Gasteiger partial charge in [-0.15, -0.1) is 0 Å². The van der Waals surface area contributed by atoms with E-state index in [9.17, 15) is 0 Å². The average Bonchev–Trinajstić information content (AvgIpc) is 2.83. The van der Waals surface area contributed by atoms with Crippen molar-refractivity contribution in [3.8, 4) is 17.1 Å². The Morgan fingerprint density at radius 2 is 1.34 bits per heavy atom. The number of hydrogen-bond donors (Lipinski definition) is 0. The molecule has 0 saturated carbocycles. The van der Waals surface area contributed by atoms with Gasteiger partial charge in [-0.3, -0.25) is 0 Å². The van der Waals surface area contributed by atoms with Gasteiger partial charge >= 0.3 is 0 Å². The lowest BCUT2D eigenvalue weighted by atomic mass is 10.1. The Kier molecular flexibility index (Phi) is 14.2. The fraction of sp³-hybridized carbons (Fsp3) is 0.586. The third kappa shape index (κ3) is 10.9. The van der Waals surface area contributed by atoms with Gasteiger partial charge in [-0.25, -0.2) is 9.97 Å². The van der Waals surface area contributed by atoms with Crippen LogP contribution in [0.4, 0.5) is 0 Å². The fourth-order valence-corrected chi connectivity index (χ4v) is 3.82. The molecular formula is C29H44N2O. The first-order chi connectivity index (χ1) is 15.8. The molecule has 3 heteroatoms. The lowest BCUT2D eigenvalue weighted by Gasteiger charge is -2.10. The predicted octanol–water partition coefficient (Wildman–Crippen LogP) is 8.73. The van der Waals surface area contributed by atoms with Crippen LogP contribution in [-0.2, 0) is 6.42 Å². The van der Waals surface area contributed by atoms with Crippen LogP contribution in [0.15, 0.2) is 48.8 Å². The molecule has 2 rings (SSSR count). The molecule has 176 valence electrons. The van der Waals surface area contributed by atoms with Crippen molar-refractivity contribution < 1.29 is 4.74 Å². The molecule has 0 fully saturated rings. The summed E-state index contributed by atoms with van der Waals surface area (Å²) in [6, 6.07) is 8.11. The Balaban J connectivity index is 1.72. The number of aryl methyl sites for hydroxylation is 1. The third-order valence-corrected chi connectivity index (χ3v) is 5.82. The first kappa shape index (κ1) is 26.1. The van der Waals surface area contributed by atoms with Gasteiger partial charge < -0.3 is 4.74 Å². The number of nitrogens with zero attached hydrogens (tertiary/aromatic N) is 2. The zero-order valence-corrected chi connectivity index (χ0v) is 20.5. The number of allylic oxidation sites excluding steroid dienone is 2. The molecule has 0 unspecified atom stereocenters. The second-order valence-corrected chi connectivity index (χ2v) is 8.74. The molecule has 0 bridgehead atoms. The van der Waals surface area contributed by atoms with Gasteiger partial charge in [-0.1, -0.05) is 89.5 Å². The van der Waals surface area contributed by atoms with Gasteiger partial charge in [0.2, 0.25) is 0 Å². The monoisotopic (exact) mass is 436 g/mol. The predicted molar refractivity (Wildman–Crippen MR) is 137 cm³/mol. The Hall–Kier alpha value is -2.16. The molecule has 0 atom stereocenters. The summed E-state index contributed by atoms with van der Waals surface area (Å²) in [6.45, 7) is 5.23. The Bertz CT molecular complexity index is 739. The second kappa shape index (κ2) is 17.4. The first-order valence-electron chi connectivity index (χ1n) is 13.0. The molecule has 0 aliphatic heterocycles. The van der Waals surface area contributed by atoms with Gasteiger partial charge in [0.15, 0.2) is 5.82 Å². The van der Waals surface area contributed by atoms with Crippen molar-refractivity contribution in [2.24, 2.45) is 0 Å². The number of hydrogen-bond acceptors (Lipinski definition) is 3. The van der Waals surface area contributed by atoms with E-state index >= 15 is 0 Å². The van der Waals surface area contributed by atoms with E-state index in [-0.39, 0.29) is 0 Å². The van der Waals surface area contributed by atoms with Gasteiger partial charge in [0.05, 0.1) is 12.2 Å².